The Morgan fingerprint density at radius 3 is 3.06 bits per heavy atom. The van der Waals surface area contributed by atoms with E-state index in [0.29, 0.717) is 0 Å². The van der Waals surface area contributed by atoms with E-state index >= 15 is 0 Å². The van der Waals surface area contributed by atoms with Gasteiger partial charge in [0.25, 0.3) is 0 Å². The van der Waals surface area contributed by atoms with E-state index in [4.69, 9.17) is 0 Å². The molecule has 1 nitrogen and oxygen atoms in total. The first-order valence-corrected chi connectivity index (χ1v) is 6.79. The summed E-state index contributed by atoms with van der Waals surface area (Å²) >= 11 is 0. The largest absolute Gasteiger partial charge is 0.299 e. The third kappa shape index (κ3) is 2.04. The Kier molecular flexibility index (Phi) is 3.02. The summed E-state index contributed by atoms with van der Waals surface area (Å²) in [6.45, 7) is 7.42. The minimum Gasteiger partial charge on any atom is -0.299 e. The van der Waals surface area contributed by atoms with Gasteiger partial charge in [-0.25, -0.2) is 0 Å². The van der Waals surface area contributed by atoms with Crippen LogP contribution in [0, 0.1) is 5.92 Å². The van der Waals surface area contributed by atoms with Gasteiger partial charge >= 0.3 is 0 Å². The van der Waals surface area contributed by atoms with E-state index < -0.39 is 0 Å². The van der Waals surface area contributed by atoms with E-state index in [-0.39, 0.29) is 0 Å². The molecule has 1 aromatic carbocycles. The number of fused-ring (bicyclic) bond motifs is 3. The van der Waals surface area contributed by atoms with Gasteiger partial charge in [-0.3, -0.25) is 4.90 Å². The number of nitrogens with zero attached hydrogens (tertiary/aromatic N) is 1. The van der Waals surface area contributed by atoms with E-state index in [2.05, 4.69) is 35.7 Å². The van der Waals surface area contributed by atoms with Crippen molar-refractivity contribution in [3.8, 4) is 0 Å². The number of benzene rings is 1. The number of rotatable bonds is 2. The summed E-state index contributed by atoms with van der Waals surface area (Å²) in [5, 5.41) is 0. The molecule has 3 rings (SSSR count). The predicted octanol–water partition coefficient (Wildman–Crippen LogP) is 3.22. The van der Waals surface area contributed by atoms with Crippen LogP contribution in [0.4, 0.5) is 0 Å². The topological polar surface area (TPSA) is 3.24 Å². The Bertz CT molecular complexity index is 410. The van der Waals surface area contributed by atoms with Gasteiger partial charge in [-0.2, -0.15) is 0 Å². The fraction of sp³-hybridized carbons (Fsp3) is 0.500. The second-order valence-electron chi connectivity index (χ2n) is 5.44. The third-order valence-electron chi connectivity index (χ3n) is 4.44. The van der Waals surface area contributed by atoms with Crippen LogP contribution in [0.2, 0.25) is 0 Å². The van der Waals surface area contributed by atoms with Gasteiger partial charge in [-0.1, -0.05) is 30.3 Å². The van der Waals surface area contributed by atoms with Crippen molar-refractivity contribution < 1.29 is 0 Å². The molecule has 0 radical (unpaired) electrons. The summed E-state index contributed by atoms with van der Waals surface area (Å²) in [7, 11) is 0. The van der Waals surface area contributed by atoms with E-state index in [1.807, 2.05) is 6.08 Å². The summed E-state index contributed by atoms with van der Waals surface area (Å²) in [6.07, 6.45) is 6.02. The van der Waals surface area contributed by atoms with Crippen LogP contribution in [0.15, 0.2) is 36.9 Å². The Hall–Kier alpha value is -1.08. The number of hydrogen-bond acceptors (Lipinski definition) is 1. The second-order valence-corrected chi connectivity index (χ2v) is 5.44. The van der Waals surface area contributed by atoms with Gasteiger partial charge in [-0.05, 0) is 48.8 Å². The average molecular weight is 227 g/mol. The van der Waals surface area contributed by atoms with Crippen LogP contribution in [0.3, 0.4) is 0 Å². The molecule has 0 amide bonds. The van der Waals surface area contributed by atoms with Gasteiger partial charge in [-0.15, -0.1) is 6.58 Å². The lowest BCUT2D eigenvalue weighted by atomic mass is 9.71. The normalized spacial score (nSPS) is 28.2. The highest BCUT2D eigenvalue weighted by molar-refractivity contribution is 5.34. The van der Waals surface area contributed by atoms with Gasteiger partial charge in [0.15, 0.2) is 0 Å². The maximum atomic E-state index is 3.85. The monoisotopic (exact) mass is 227 g/mol. The number of aryl methyl sites for hydroxylation is 1. The highest BCUT2D eigenvalue weighted by Crippen LogP contribution is 2.41. The Morgan fingerprint density at radius 2 is 2.18 bits per heavy atom. The zero-order chi connectivity index (χ0) is 11.7. The van der Waals surface area contributed by atoms with Crippen LogP contribution < -0.4 is 0 Å². The first kappa shape index (κ1) is 11.0. The van der Waals surface area contributed by atoms with Gasteiger partial charge in [0.2, 0.25) is 0 Å². The zero-order valence-electron chi connectivity index (χ0n) is 10.4. The maximum absolute atomic E-state index is 3.85. The molecule has 0 N–H and O–H groups in total. The molecule has 1 aromatic rings. The van der Waals surface area contributed by atoms with Crippen molar-refractivity contribution in [2.24, 2.45) is 5.92 Å². The first-order chi connectivity index (χ1) is 8.38. The average Bonchev–Trinajstić information content (AvgIpc) is 2.39. The van der Waals surface area contributed by atoms with Crippen LogP contribution in [0.5, 0.6) is 0 Å². The fourth-order valence-electron chi connectivity index (χ4n) is 3.62. The predicted molar refractivity (Wildman–Crippen MR) is 72.2 cm³/mol. The molecule has 1 aliphatic heterocycles. The smallest absolute Gasteiger partial charge is 0.0160 e. The van der Waals surface area contributed by atoms with E-state index in [1.165, 1.54) is 32.4 Å². The lowest BCUT2D eigenvalue weighted by molar-refractivity contribution is 0.154. The zero-order valence-corrected chi connectivity index (χ0v) is 10.4. The minimum atomic E-state index is 0.820. The number of hydrogen-bond donors (Lipinski definition) is 0. The molecule has 90 valence electrons. The fourth-order valence-corrected chi connectivity index (χ4v) is 3.62. The first-order valence-electron chi connectivity index (χ1n) is 6.79. The van der Waals surface area contributed by atoms with Crippen molar-refractivity contribution in [2.45, 2.75) is 25.2 Å². The Balaban J connectivity index is 1.80. The summed E-state index contributed by atoms with van der Waals surface area (Å²) < 4.78 is 0. The maximum Gasteiger partial charge on any atom is 0.0160 e. The van der Waals surface area contributed by atoms with Crippen molar-refractivity contribution in [1.29, 1.82) is 0 Å². The van der Waals surface area contributed by atoms with Crippen LogP contribution in [0.25, 0.3) is 0 Å². The molecule has 1 fully saturated rings. The Morgan fingerprint density at radius 1 is 1.29 bits per heavy atom. The molecule has 1 heteroatoms. The van der Waals surface area contributed by atoms with Gasteiger partial charge in [0.05, 0.1) is 0 Å². The molecule has 2 unspecified atom stereocenters. The van der Waals surface area contributed by atoms with E-state index in [0.717, 1.165) is 18.4 Å². The minimum absolute atomic E-state index is 0.820. The molecular formula is C16H21N. The van der Waals surface area contributed by atoms with Crippen LogP contribution in [-0.4, -0.2) is 24.5 Å². The van der Waals surface area contributed by atoms with Crippen LogP contribution in [0.1, 0.15) is 29.9 Å². The molecule has 2 aliphatic rings. The number of piperidine rings is 1. The molecule has 2 atom stereocenters. The quantitative estimate of drug-likeness (QED) is 0.701. The number of likely N-dealkylation sites (tertiary alicyclic amines) is 1. The van der Waals surface area contributed by atoms with Crippen molar-refractivity contribution in [2.75, 3.05) is 19.6 Å². The molecular weight excluding hydrogens is 206 g/mol. The summed E-state index contributed by atoms with van der Waals surface area (Å²) in [5.41, 5.74) is 3.24. The summed E-state index contributed by atoms with van der Waals surface area (Å²) in [5.74, 6) is 1.69. The summed E-state index contributed by atoms with van der Waals surface area (Å²) in [6, 6.07) is 9.07. The highest BCUT2D eigenvalue weighted by atomic mass is 15.1. The standard InChI is InChI=1S/C16H21N/c1-2-10-17-11-9-16-14(12-17)8-7-13-5-3-4-6-15(13)16/h2-6,14,16H,1,7-12H2. The van der Waals surface area contributed by atoms with Crippen molar-refractivity contribution in [3.05, 3.63) is 48.0 Å². The molecule has 17 heavy (non-hydrogen) atoms. The molecule has 0 saturated carbocycles. The lowest BCUT2D eigenvalue weighted by Crippen LogP contribution is -2.41. The van der Waals surface area contributed by atoms with Crippen molar-refractivity contribution in [3.63, 3.8) is 0 Å². The third-order valence-corrected chi connectivity index (χ3v) is 4.44. The van der Waals surface area contributed by atoms with Gasteiger partial charge in [0, 0.05) is 13.1 Å². The van der Waals surface area contributed by atoms with E-state index in [9.17, 15) is 0 Å². The Labute approximate surface area is 104 Å². The molecule has 0 bridgehead atoms. The molecule has 0 aromatic heterocycles. The summed E-state index contributed by atoms with van der Waals surface area (Å²) in [4.78, 5) is 2.56. The van der Waals surface area contributed by atoms with Crippen molar-refractivity contribution in [1.82, 2.24) is 4.90 Å². The van der Waals surface area contributed by atoms with Crippen LogP contribution in [-0.2, 0) is 6.42 Å². The van der Waals surface area contributed by atoms with Gasteiger partial charge < -0.3 is 0 Å². The molecule has 0 spiro atoms. The highest BCUT2D eigenvalue weighted by Gasteiger charge is 2.33. The lowest BCUT2D eigenvalue weighted by Gasteiger charge is -2.42. The van der Waals surface area contributed by atoms with Crippen molar-refractivity contribution >= 4 is 0 Å². The SMILES string of the molecule is C=CCN1CCC2c3ccccc3CCC2C1. The second kappa shape index (κ2) is 4.66. The molecule has 1 saturated heterocycles. The molecule has 1 aliphatic carbocycles. The van der Waals surface area contributed by atoms with E-state index in [1.54, 1.807) is 11.1 Å². The molecule has 1 heterocycles. The van der Waals surface area contributed by atoms with Gasteiger partial charge in [0.1, 0.15) is 0 Å². The van der Waals surface area contributed by atoms with Crippen LogP contribution >= 0.6 is 0 Å².